The predicted molar refractivity (Wildman–Crippen MR) is 104 cm³/mol. The summed E-state index contributed by atoms with van der Waals surface area (Å²) in [5.41, 5.74) is -0.512. The van der Waals surface area contributed by atoms with Gasteiger partial charge in [0.25, 0.3) is 5.56 Å². The van der Waals surface area contributed by atoms with Gasteiger partial charge in [0.2, 0.25) is 5.91 Å². The standard InChI is InChI=1S/C19H22N4O2S/c1-5-10-23-17(25)14-8-6-7-9-15(14)21-18(23)26-11-16(24)22-19(4,12-20)13(2)3/h5-9,13H,1,10-11H2,2-4H3,(H,22,24)/t19-/m0/s1. The van der Waals surface area contributed by atoms with Crippen LogP contribution in [0.25, 0.3) is 10.9 Å². The third-order valence-electron chi connectivity index (χ3n) is 4.26. The molecule has 1 atom stereocenters. The van der Waals surface area contributed by atoms with Crippen LogP contribution in [-0.4, -0.2) is 26.8 Å². The molecule has 26 heavy (non-hydrogen) atoms. The molecule has 2 rings (SSSR count). The minimum Gasteiger partial charge on any atom is -0.337 e. The zero-order valence-electron chi connectivity index (χ0n) is 15.2. The lowest BCUT2D eigenvalue weighted by atomic mass is 9.90. The molecule has 0 aliphatic rings. The summed E-state index contributed by atoms with van der Waals surface area (Å²) in [6, 6.07) is 9.25. The molecule has 0 aliphatic heterocycles. The normalized spacial score (nSPS) is 13.2. The van der Waals surface area contributed by atoms with E-state index in [2.05, 4.69) is 22.9 Å². The molecule has 2 aromatic rings. The second-order valence-electron chi connectivity index (χ2n) is 6.42. The van der Waals surface area contributed by atoms with Crippen LogP contribution in [0.5, 0.6) is 0 Å². The fourth-order valence-corrected chi connectivity index (χ4v) is 3.11. The maximum Gasteiger partial charge on any atom is 0.262 e. The number of nitriles is 1. The SMILES string of the molecule is C=CCn1c(SCC(=O)N[C@@](C)(C#N)C(C)C)nc2ccccc2c1=O. The molecule has 0 saturated carbocycles. The number of hydrogen-bond donors (Lipinski definition) is 1. The fraction of sp³-hybridized carbons (Fsp3) is 0.368. The van der Waals surface area contributed by atoms with Gasteiger partial charge in [-0.2, -0.15) is 5.26 Å². The second kappa shape index (κ2) is 8.19. The number of amides is 1. The Balaban J connectivity index is 2.26. The van der Waals surface area contributed by atoms with E-state index in [1.54, 1.807) is 31.2 Å². The molecule has 1 heterocycles. The van der Waals surface area contributed by atoms with Crippen LogP contribution >= 0.6 is 11.8 Å². The second-order valence-corrected chi connectivity index (χ2v) is 7.36. The molecule has 1 aromatic heterocycles. The third-order valence-corrected chi connectivity index (χ3v) is 5.23. The van der Waals surface area contributed by atoms with Crippen molar-refractivity contribution in [2.45, 2.75) is 38.0 Å². The van der Waals surface area contributed by atoms with Crippen LogP contribution in [0.4, 0.5) is 0 Å². The Hall–Kier alpha value is -2.59. The number of allylic oxidation sites excluding steroid dienone is 1. The average Bonchev–Trinajstić information content (AvgIpc) is 2.62. The van der Waals surface area contributed by atoms with Crippen LogP contribution in [0.15, 0.2) is 46.9 Å². The lowest BCUT2D eigenvalue weighted by Crippen LogP contribution is -2.49. The van der Waals surface area contributed by atoms with E-state index in [1.165, 1.54) is 16.3 Å². The van der Waals surface area contributed by atoms with Crippen molar-refractivity contribution < 1.29 is 4.79 Å². The number of fused-ring (bicyclic) bond motifs is 1. The number of thioether (sulfide) groups is 1. The van der Waals surface area contributed by atoms with Gasteiger partial charge >= 0.3 is 0 Å². The fourth-order valence-electron chi connectivity index (χ4n) is 2.31. The van der Waals surface area contributed by atoms with Crippen molar-refractivity contribution >= 4 is 28.6 Å². The summed E-state index contributed by atoms with van der Waals surface area (Å²) in [6.07, 6.45) is 1.62. The first-order valence-electron chi connectivity index (χ1n) is 8.28. The van der Waals surface area contributed by atoms with Gasteiger partial charge < -0.3 is 5.32 Å². The first-order chi connectivity index (χ1) is 12.3. The van der Waals surface area contributed by atoms with E-state index in [0.717, 1.165) is 0 Å². The maximum atomic E-state index is 12.7. The highest BCUT2D eigenvalue weighted by Gasteiger charge is 2.30. The van der Waals surface area contributed by atoms with E-state index in [0.29, 0.717) is 22.6 Å². The Morgan fingerprint density at radius 2 is 2.19 bits per heavy atom. The van der Waals surface area contributed by atoms with E-state index in [-0.39, 0.29) is 23.1 Å². The topological polar surface area (TPSA) is 87.8 Å². The highest BCUT2D eigenvalue weighted by atomic mass is 32.2. The molecule has 1 amide bonds. The van der Waals surface area contributed by atoms with Crippen molar-refractivity contribution in [3.63, 3.8) is 0 Å². The molecule has 0 unspecified atom stereocenters. The van der Waals surface area contributed by atoms with E-state index < -0.39 is 5.54 Å². The molecule has 0 spiro atoms. The molecule has 0 aliphatic carbocycles. The van der Waals surface area contributed by atoms with Crippen molar-refractivity contribution in [3.8, 4) is 6.07 Å². The highest BCUT2D eigenvalue weighted by molar-refractivity contribution is 7.99. The number of nitrogens with one attached hydrogen (secondary N) is 1. The minimum absolute atomic E-state index is 0.0285. The monoisotopic (exact) mass is 370 g/mol. The van der Waals surface area contributed by atoms with Crippen LogP contribution in [0, 0.1) is 17.2 Å². The summed E-state index contributed by atoms with van der Waals surface area (Å²) in [4.78, 5) is 29.5. The third kappa shape index (κ3) is 4.14. The van der Waals surface area contributed by atoms with Gasteiger partial charge in [0.1, 0.15) is 5.54 Å². The summed E-state index contributed by atoms with van der Waals surface area (Å²) >= 11 is 1.17. The predicted octanol–water partition coefficient (Wildman–Crippen LogP) is 2.73. The molecular weight excluding hydrogens is 348 g/mol. The summed E-state index contributed by atoms with van der Waals surface area (Å²) in [7, 11) is 0. The van der Waals surface area contributed by atoms with Crippen molar-refractivity contribution in [1.29, 1.82) is 5.26 Å². The molecule has 136 valence electrons. The maximum absolute atomic E-state index is 12.7. The molecule has 1 N–H and O–H groups in total. The zero-order valence-corrected chi connectivity index (χ0v) is 16.0. The summed E-state index contributed by atoms with van der Waals surface area (Å²) in [6.45, 7) is 9.44. The number of aromatic nitrogens is 2. The Bertz CT molecular complexity index is 929. The zero-order chi connectivity index (χ0) is 19.3. The number of rotatable bonds is 7. The van der Waals surface area contributed by atoms with Gasteiger partial charge in [-0.25, -0.2) is 4.98 Å². The average molecular weight is 370 g/mol. The number of carbonyl (C=O) groups excluding carboxylic acids is 1. The quantitative estimate of drug-likeness (QED) is 0.460. The lowest BCUT2D eigenvalue weighted by molar-refractivity contribution is -0.120. The smallest absolute Gasteiger partial charge is 0.262 e. The van der Waals surface area contributed by atoms with E-state index >= 15 is 0 Å². The van der Waals surface area contributed by atoms with Gasteiger partial charge in [-0.1, -0.05) is 43.8 Å². The first-order valence-corrected chi connectivity index (χ1v) is 9.26. The molecule has 0 saturated heterocycles. The van der Waals surface area contributed by atoms with Crippen molar-refractivity contribution in [3.05, 3.63) is 47.3 Å². The number of benzene rings is 1. The van der Waals surface area contributed by atoms with Crippen LogP contribution < -0.4 is 10.9 Å². The first kappa shape index (κ1) is 19.7. The summed E-state index contributed by atoms with van der Waals surface area (Å²) in [5.74, 6) is -0.245. The minimum atomic E-state index is -0.935. The van der Waals surface area contributed by atoms with Gasteiger partial charge in [0, 0.05) is 6.54 Å². The van der Waals surface area contributed by atoms with Crippen LogP contribution in [0.1, 0.15) is 20.8 Å². The number of carbonyl (C=O) groups is 1. The molecule has 1 aromatic carbocycles. The van der Waals surface area contributed by atoms with Gasteiger partial charge in [-0.05, 0) is 25.0 Å². The van der Waals surface area contributed by atoms with E-state index in [4.69, 9.17) is 0 Å². The number of para-hydroxylation sites is 1. The Morgan fingerprint density at radius 1 is 1.50 bits per heavy atom. The molecule has 0 radical (unpaired) electrons. The molecule has 7 heteroatoms. The number of hydrogen-bond acceptors (Lipinski definition) is 5. The van der Waals surface area contributed by atoms with E-state index in [9.17, 15) is 14.9 Å². The molecule has 6 nitrogen and oxygen atoms in total. The van der Waals surface area contributed by atoms with Gasteiger partial charge in [0.15, 0.2) is 5.16 Å². The number of nitrogens with zero attached hydrogens (tertiary/aromatic N) is 3. The lowest BCUT2D eigenvalue weighted by Gasteiger charge is -2.27. The van der Waals surface area contributed by atoms with Crippen LogP contribution in [-0.2, 0) is 11.3 Å². The summed E-state index contributed by atoms with van der Waals surface area (Å²) < 4.78 is 1.50. The molecular formula is C19H22N4O2S. The Kier molecular flexibility index (Phi) is 6.22. The van der Waals surface area contributed by atoms with Crippen molar-refractivity contribution in [2.75, 3.05) is 5.75 Å². The van der Waals surface area contributed by atoms with Crippen molar-refractivity contribution in [1.82, 2.24) is 14.9 Å². The van der Waals surface area contributed by atoms with E-state index in [1.807, 2.05) is 19.9 Å². The largest absolute Gasteiger partial charge is 0.337 e. The Morgan fingerprint density at radius 3 is 2.81 bits per heavy atom. The summed E-state index contributed by atoms with van der Waals surface area (Å²) in [5, 5.41) is 13.1. The molecule has 0 bridgehead atoms. The van der Waals surface area contributed by atoms with Crippen molar-refractivity contribution in [2.24, 2.45) is 5.92 Å². The van der Waals surface area contributed by atoms with Crippen LogP contribution in [0.2, 0.25) is 0 Å². The van der Waals surface area contributed by atoms with Gasteiger partial charge in [-0.3, -0.25) is 14.2 Å². The Labute approximate surface area is 156 Å². The molecule has 0 fully saturated rings. The van der Waals surface area contributed by atoms with Gasteiger partial charge in [0.05, 0.1) is 22.7 Å². The van der Waals surface area contributed by atoms with Gasteiger partial charge in [-0.15, -0.1) is 6.58 Å². The highest BCUT2D eigenvalue weighted by Crippen LogP contribution is 2.19. The van der Waals surface area contributed by atoms with Crippen LogP contribution in [0.3, 0.4) is 0 Å².